The van der Waals surface area contributed by atoms with Gasteiger partial charge in [0.25, 0.3) is 0 Å². The quantitative estimate of drug-likeness (QED) is 0.928. The Balaban J connectivity index is 2.48. The van der Waals surface area contributed by atoms with Gasteiger partial charge in [-0.3, -0.25) is 0 Å². The number of halogens is 2. The first-order valence-electron chi connectivity index (χ1n) is 4.99. The van der Waals surface area contributed by atoms with E-state index in [2.05, 4.69) is 4.72 Å². The molecule has 0 aromatic heterocycles. The molecule has 0 amide bonds. The number of methoxy groups -OCH3 is 1. The third-order valence-electron chi connectivity index (χ3n) is 2.37. The Hall–Kier alpha value is -0.490. The van der Waals surface area contributed by atoms with Gasteiger partial charge in [-0.2, -0.15) is 0 Å². The van der Waals surface area contributed by atoms with Crippen LogP contribution in [0.3, 0.4) is 0 Å². The van der Waals surface area contributed by atoms with Crippen LogP contribution >= 0.6 is 23.2 Å². The normalized spacial score (nSPS) is 15.9. The number of ether oxygens (including phenoxy) is 1. The summed E-state index contributed by atoms with van der Waals surface area (Å²) in [5, 5.41) is 0.433. The van der Waals surface area contributed by atoms with Crippen molar-refractivity contribution in [2.75, 3.05) is 7.11 Å². The molecule has 1 N–H and O–H groups in total. The summed E-state index contributed by atoms with van der Waals surface area (Å²) >= 11 is 11.7. The second kappa shape index (κ2) is 4.65. The van der Waals surface area contributed by atoms with Gasteiger partial charge < -0.3 is 4.74 Å². The maximum atomic E-state index is 12.1. The zero-order valence-corrected chi connectivity index (χ0v) is 11.4. The summed E-state index contributed by atoms with van der Waals surface area (Å²) < 4.78 is 31.7. The number of sulfonamides is 1. The summed E-state index contributed by atoms with van der Waals surface area (Å²) in [4.78, 5) is -0.0237. The molecule has 0 spiro atoms. The SMILES string of the molecule is COc1c(Cl)cc(Cl)cc1S(=O)(=O)NC1CC1. The number of rotatable bonds is 4. The van der Waals surface area contributed by atoms with Gasteiger partial charge >= 0.3 is 0 Å². The van der Waals surface area contributed by atoms with Gasteiger partial charge in [-0.1, -0.05) is 23.2 Å². The van der Waals surface area contributed by atoms with Crippen molar-refractivity contribution in [3.63, 3.8) is 0 Å². The summed E-state index contributed by atoms with van der Waals surface area (Å²) in [6, 6.07) is 2.79. The van der Waals surface area contributed by atoms with Gasteiger partial charge in [0, 0.05) is 11.1 Å². The Morgan fingerprint density at radius 1 is 1.35 bits per heavy atom. The Bertz CT molecular complexity index is 541. The van der Waals surface area contributed by atoms with Gasteiger partial charge in [0.15, 0.2) is 5.75 Å². The molecule has 1 aromatic rings. The van der Waals surface area contributed by atoms with Crippen molar-refractivity contribution in [3.8, 4) is 5.75 Å². The average Bonchev–Trinajstić information content (AvgIpc) is 3.00. The molecule has 4 nitrogen and oxygen atoms in total. The predicted molar refractivity (Wildman–Crippen MR) is 66.4 cm³/mol. The van der Waals surface area contributed by atoms with Crippen LogP contribution in [-0.4, -0.2) is 21.6 Å². The van der Waals surface area contributed by atoms with E-state index in [4.69, 9.17) is 27.9 Å². The van der Waals surface area contributed by atoms with Gasteiger partial charge in [0.05, 0.1) is 12.1 Å². The van der Waals surface area contributed by atoms with Gasteiger partial charge in [0.2, 0.25) is 10.0 Å². The maximum Gasteiger partial charge on any atom is 0.244 e. The fourth-order valence-electron chi connectivity index (χ4n) is 1.42. The van der Waals surface area contributed by atoms with Crippen LogP contribution in [-0.2, 0) is 10.0 Å². The molecule has 1 saturated carbocycles. The van der Waals surface area contributed by atoms with Crippen molar-refractivity contribution in [1.82, 2.24) is 4.72 Å². The highest BCUT2D eigenvalue weighted by Gasteiger charge is 2.30. The first-order valence-corrected chi connectivity index (χ1v) is 7.23. The van der Waals surface area contributed by atoms with E-state index in [0.29, 0.717) is 0 Å². The molecular weight excluding hydrogens is 285 g/mol. The number of nitrogens with one attached hydrogen (secondary N) is 1. The predicted octanol–water partition coefficient (Wildman–Crippen LogP) is 2.44. The molecule has 1 aliphatic carbocycles. The fraction of sp³-hybridized carbons (Fsp3) is 0.400. The van der Waals surface area contributed by atoms with Crippen LogP contribution in [0.5, 0.6) is 5.75 Å². The lowest BCUT2D eigenvalue weighted by Crippen LogP contribution is -2.26. The second-order valence-corrected chi connectivity index (χ2v) is 6.34. The molecule has 0 aliphatic heterocycles. The minimum absolute atomic E-state index is 0.0162. The summed E-state index contributed by atoms with van der Waals surface area (Å²) in [6.45, 7) is 0. The molecule has 1 aliphatic rings. The third-order valence-corrected chi connectivity index (χ3v) is 4.39. The van der Waals surface area contributed by atoms with Crippen LogP contribution in [0.2, 0.25) is 10.0 Å². The Morgan fingerprint density at radius 3 is 2.53 bits per heavy atom. The van der Waals surface area contributed by atoms with Crippen LogP contribution in [0.4, 0.5) is 0 Å². The van der Waals surface area contributed by atoms with Crippen LogP contribution in [0, 0.1) is 0 Å². The molecule has 0 bridgehead atoms. The Kier molecular flexibility index (Phi) is 3.54. The smallest absolute Gasteiger partial charge is 0.244 e. The third kappa shape index (κ3) is 2.85. The minimum Gasteiger partial charge on any atom is -0.494 e. The van der Waals surface area contributed by atoms with E-state index in [9.17, 15) is 8.42 Å². The Morgan fingerprint density at radius 2 is 2.00 bits per heavy atom. The molecular formula is C10H11Cl2NO3S. The number of benzene rings is 1. The molecule has 0 atom stereocenters. The van der Waals surface area contributed by atoms with E-state index in [0.717, 1.165) is 12.8 Å². The monoisotopic (exact) mass is 295 g/mol. The van der Waals surface area contributed by atoms with Crippen molar-refractivity contribution >= 4 is 33.2 Å². The molecule has 17 heavy (non-hydrogen) atoms. The van der Waals surface area contributed by atoms with Crippen LogP contribution in [0.15, 0.2) is 17.0 Å². The Labute approximate surface area is 110 Å². The van der Waals surface area contributed by atoms with Crippen LogP contribution in [0.25, 0.3) is 0 Å². The van der Waals surface area contributed by atoms with Gasteiger partial charge in [0.1, 0.15) is 4.90 Å². The summed E-state index contributed by atoms with van der Waals surface area (Å²) in [5.41, 5.74) is 0. The average molecular weight is 296 g/mol. The van der Waals surface area contributed by atoms with Gasteiger partial charge in [-0.15, -0.1) is 0 Å². The highest BCUT2D eigenvalue weighted by Crippen LogP contribution is 2.35. The van der Waals surface area contributed by atoms with Crippen molar-refractivity contribution in [1.29, 1.82) is 0 Å². The molecule has 0 unspecified atom stereocenters. The summed E-state index contributed by atoms with van der Waals surface area (Å²) in [5.74, 6) is 0.115. The molecule has 0 heterocycles. The van der Waals surface area contributed by atoms with Crippen molar-refractivity contribution in [2.45, 2.75) is 23.8 Å². The zero-order valence-electron chi connectivity index (χ0n) is 9.04. The molecule has 0 saturated heterocycles. The van der Waals surface area contributed by atoms with Crippen molar-refractivity contribution in [3.05, 3.63) is 22.2 Å². The van der Waals surface area contributed by atoms with E-state index in [1.807, 2.05) is 0 Å². The molecule has 7 heteroatoms. The van der Waals surface area contributed by atoms with E-state index in [-0.39, 0.29) is 26.7 Å². The minimum atomic E-state index is -3.63. The first-order chi connectivity index (χ1) is 7.94. The lowest BCUT2D eigenvalue weighted by molar-refractivity contribution is 0.402. The zero-order chi connectivity index (χ0) is 12.6. The summed E-state index contributed by atoms with van der Waals surface area (Å²) in [7, 11) is -2.26. The molecule has 1 aromatic carbocycles. The largest absolute Gasteiger partial charge is 0.494 e. The topological polar surface area (TPSA) is 55.4 Å². The fourth-order valence-corrected chi connectivity index (χ4v) is 3.63. The van der Waals surface area contributed by atoms with E-state index in [1.54, 1.807) is 0 Å². The lowest BCUT2D eigenvalue weighted by atomic mass is 10.3. The first kappa shape index (κ1) is 13.0. The lowest BCUT2D eigenvalue weighted by Gasteiger charge is -2.12. The van der Waals surface area contributed by atoms with E-state index in [1.165, 1.54) is 19.2 Å². The van der Waals surface area contributed by atoms with Crippen molar-refractivity contribution in [2.24, 2.45) is 0 Å². The standard InChI is InChI=1S/C10H11Cl2NO3S/c1-16-10-8(12)4-6(11)5-9(10)17(14,15)13-7-2-3-7/h4-5,7,13H,2-3H2,1H3. The molecule has 1 fully saturated rings. The highest BCUT2D eigenvalue weighted by molar-refractivity contribution is 7.89. The van der Waals surface area contributed by atoms with Crippen LogP contribution < -0.4 is 9.46 Å². The summed E-state index contributed by atoms with van der Waals surface area (Å²) in [6.07, 6.45) is 1.71. The highest BCUT2D eigenvalue weighted by atomic mass is 35.5. The molecule has 94 valence electrons. The number of hydrogen-bond donors (Lipinski definition) is 1. The maximum absolute atomic E-state index is 12.1. The van der Waals surface area contributed by atoms with Crippen molar-refractivity contribution < 1.29 is 13.2 Å². The van der Waals surface area contributed by atoms with E-state index < -0.39 is 10.0 Å². The number of hydrogen-bond acceptors (Lipinski definition) is 3. The molecule has 0 radical (unpaired) electrons. The van der Waals surface area contributed by atoms with Crippen LogP contribution in [0.1, 0.15) is 12.8 Å². The van der Waals surface area contributed by atoms with E-state index >= 15 is 0 Å². The van der Waals surface area contributed by atoms with Gasteiger partial charge in [-0.25, -0.2) is 13.1 Å². The molecule has 2 rings (SSSR count). The van der Waals surface area contributed by atoms with Gasteiger partial charge in [-0.05, 0) is 25.0 Å². The second-order valence-electron chi connectivity index (χ2n) is 3.81.